The van der Waals surface area contributed by atoms with Crippen molar-refractivity contribution < 1.29 is 0 Å². The second kappa shape index (κ2) is 4.50. The van der Waals surface area contributed by atoms with Crippen LogP contribution in [0.5, 0.6) is 0 Å². The molecule has 0 nitrogen and oxygen atoms in total. The fourth-order valence-electron chi connectivity index (χ4n) is 2.01. The Morgan fingerprint density at radius 2 is 1.40 bits per heavy atom. The third kappa shape index (κ3) is 2.01. The lowest BCUT2D eigenvalue weighted by molar-refractivity contribution is 1.14. The molecule has 0 aliphatic heterocycles. The smallest absolute Gasteiger partial charge is 0.0280 e. The van der Waals surface area contributed by atoms with Crippen molar-refractivity contribution in [2.75, 3.05) is 0 Å². The molecule has 76 valence electrons. The van der Waals surface area contributed by atoms with E-state index in [0.29, 0.717) is 0 Å². The molecule has 6 radical (unpaired) electrons. The predicted octanol–water partition coefficient (Wildman–Crippen LogP) is 2.90. The fourth-order valence-corrected chi connectivity index (χ4v) is 2.75. The molecular weight excluding hydrogens is 212 g/mol. The zero-order chi connectivity index (χ0) is 11.7. The Hall–Kier alpha value is -0.606. The lowest BCUT2D eigenvalue weighted by Gasteiger charge is -2.21. The van der Waals surface area contributed by atoms with E-state index in [-0.39, 0.29) is 5.16 Å². The van der Waals surface area contributed by atoms with E-state index in [2.05, 4.69) is 54.8 Å². The molecule has 0 bridgehead atoms. The van der Waals surface area contributed by atoms with Gasteiger partial charge < -0.3 is 0 Å². The Balaban J connectivity index is 3.70. The van der Waals surface area contributed by atoms with Gasteiger partial charge in [-0.15, -0.1) is 0 Å². The lowest BCUT2D eigenvalue weighted by atomic mass is 9.89. The molecule has 15 heavy (non-hydrogen) atoms. The van der Waals surface area contributed by atoms with E-state index in [0.717, 1.165) is 0 Å². The number of benzene rings is 1. The highest BCUT2D eigenvalue weighted by atomic mass is 28.2. The van der Waals surface area contributed by atoms with Crippen molar-refractivity contribution in [1.82, 2.24) is 0 Å². The molecule has 0 N–H and O–H groups in total. The molecule has 0 fully saturated rings. The summed E-state index contributed by atoms with van der Waals surface area (Å²) in [7, 11) is 7.27. The number of hydrogen-bond donors (Lipinski definition) is 0. The van der Waals surface area contributed by atoms with Crippen molar-refractivity contribution in [2.45, 2.75) is 32.9 Å². The third-order valence-corrected chi connectivity index (χ3v) is 3.86. The standard InChI is InChI=1S/C13H16Si2/c1-6-11-9(4)7(2)8(3)10(5)12(11)13(14)15/h6,13H,1H2,2-5H3. The maximum absolute atomic E-state index is 3.90. The highest BCUT2D eigenvalue weighted by molar-refractivity contribution is 6.36. The van der Waals surface area contributed by atoms with E-state index in [9.17, 15) is 0 Å². The van der Waals surface area contributed by atoms with Crippen molar-refractivity contribution in [1.29, 1.82) is 0 Å². The second-order valence-corrected chi connectivity index (χ2v) is 5.70. The van der Waals surface area contributed by atoms with Crippen LogP contribution in [0.15, 0.2) is 6.58 Å². The molecule has 0 saturated heterocycles. The van der Waals surface area contributed by atoms with Gasteiger partial charge in [-0.3, -0.25) is 0 Å². The van der Waals surface area contributed by atoms with E-state index >= 15 is 0 Å². The van der Waals surface area contributed by atoms with Crippen molar-refractivity contribution in [3.8, 4) is 0 Å². The summed E-state index contributed by atoms with van der Waals surface area (Å²) < 4.78 is 0. The molecule has 2 heteroatoms. The van der Waals surface area contributed by atoms with Crippen LogP contribution in [-0.2, 0) is 0 Å². The van der Waals surface area contributed by atoms with Gasteiger partial charge in [-0.25, -0.2) is 0 Å². The summed E-state index contributed by atoms with van der Waals surface area (Å²) in [5.41, 5.74) is 7.93. The lowest BCUT2D eigenvalue weighted by Crippen LogP contribution is -2.08. The average molecular weight is 228 g/mol. The van der Waals surface area contributed by atoms with Gasteiger partial charge in [0.1, 0.15) is 0 Å². The van der Waals surface area contributed by atoms with E-state index in [1.54, 1.807) is 0 Å². The zero-order valence-electron chi connectivity index (χ0n) is 9.86. The van der Waals surface area contributed by atoms with Crippen LogP contribution in [0.3, 0.4) is 0 Å². The van der Waals surface area contributed by atoms with Crippen molar-refractivity contribution in [3.63, 3.8) is 0 Å². The first kappa shape index (κ1) is 12.5. The molecule has 1 aromatic carbocycles. The van der Waals surface area contributed by atoms with Crippen LogP contribution in [0.1, 0.15) is 38.5 Å². The predicted molar refractivity (Wildman–Crippen MR) is 69.7 cm³/mol. The van der Waals surface area contributed by atoms with E-state index in [1.807, 2.05) is 6.08 Å². The van der Waals surface area contributed by atoms with Gasteiger partial charge in [0.25, 0.3) is 0 Å². The van der Waals surface area contributed by atoms with Crippen molar-refractivity contribution in [3.05, 3.63) is 40.0 Å². The molecular formula is C13H16Si2. The minimum atomic E-state index is 0.177. The minimum Gasteiger partial charge on any atom is -0.0985 e. The van der Waals surface area contributed by atoms with Gasteiger partial charge in [0.2, 0.25) is 0 Å². The van der Waals surface area contributed by atoms with Crippen LogP contribution >= 0.6 is 0 Å². The molecule has 0 unspecified atom stereocenters. The van der Waals surface area contributed by atoms with Gasteiger partial charge in [0, 0.05) is 20.5 Å². The Morgan fingerprint density at radius 3 is 1.80 bits per heavy atom. The normalized spacial score (nSPS) is 10.9. The topological polar surface area (TPSA) is 0 Å². The maximum atomic E-state index is 3.90. The van der Waals surface area contributed by atoms with Crippen LogP contribution in [0, 0.1) is 27.7 Å². The summed E-state index contributed by atoms with van der Waals surface area (Å²) in [6, 6.07) is 0. The minimum absolute atomic E-state index is 0.177. The summed E-state index contributed by atoms with van der Waals surface area (Å²) in [5.74, 6) is 0. The highest BCUT2D eigenvalue weighted by Gasteiger charge is 2.15. The zero-order valence-corrected chi connectivity index (χ0v) is 11.9. The summed E-state index contributed by atoms with van der Waals surface area (Å²) in [6.45, 7) is 12.6. The van der Waals surface area contributed by atoms with Crippen LogP contribution in [0.4, 0.5) is 0 Å². The van der Waals surface area contributed by atoms with Gasteiger partial charge >= 0.3 is 0 Å². The maximum Gasteiger partial charge on any atom is 0.0280 e. The van der Waals surface area contributed by atoms with Crippen LogP contribution in [-0.4, -0.2) is 20.5 Å². The summed E-state index contributed by atoms with van der Waals surface area (Å²) >= 11 is 0. The third-order valence-electron chi connectivity index (χ3n) is 3.28. The first-order valence-electron chi connectivity index (χ1n) is 5.06. The van der Waals surface area contributed by atoms with Gasteiger partial charge in [-0.1, -0.05) is 12.7 Å². The van der Waals surface area contributed by atoms with Crippen molar-refractivity contribution in [2.24, 2.45) is 0 Å². The average Bonchev–Trinajstić information content (AvgIpc) is 2.19. The van der Waals surface area contributed by atoms with Gasteiger partial charge in [0.15, 0.2) is 0 Å². The van der Waals surface area contributed by atoms with Crippen LogP contribution in [0.25, 0.3) is 6.08 Å². The summed E-state index contributed by atoms with van der Waals surface area (Å²) in [6.07, 6.45) is 1.94. The van der Waals surface area contributed by atoms with E-state index < -0.39 is 0 Å². The Morgan fingerprint density at radius 1 is 0.933 bits per heavy atom. The fraction of sp³-hybridized carbons (Fsp3) is 0.385. The summed E-state index contributed by atoms with van der Waals surface area (Å²) in [5, 5.41) is 0.177. The molecule has 0 spiro atoms. The molecule has 1 rings (SSSR count). The first-order chi connectivity index (χ1) is 6.91. The van der Waals surface area contributed by atoms with E-state index in [4.69, 9.17) is 0 Å². The molecule has 1 aromatic rings. The SMILES string of the molecule is C=Cc1c(C)c(C)c(C)c(C)c1C([Si])[Si]. The second-order valence-electron chi connectivity index (χ2n) is 3.96. The molecule has 0 atom stereocenters. The largest absolute Gasteiger partial charge is 0.0985 e. The van der Waals surface area contributed by atoms with Crippen LogP contribution in [0.2, 0.25) is 0 Å². The van der Waals surface area contributed by atoms with Gasteiger partial charge in [-0.2, -0.15) is 0 Å². The molecule has 0 amide bonds. The van der Waals surface area contributed by atoms with Crippen LogP contribution < -0.4 is 0 Å². The molecule has 0 saturated carbocycles. The number of rotatable bonds is 2. The molecule has 0 aliphatic carbocycles. The monoisotopic (exact) mass is 228 g/mol. The molecule has 0 heterocycles. The van der Waals surface area contributed by atoms with Gasteiger partial charge in [-0.05, 0) is 66.2 Å². The van der Waals surface area contributed by atoms with Crippen molar-refractivity contribution >= 4 is 26.6 Å². The first-order valence-corrected chi connectivity index (χ1v) is 6.22. The molecule has 0 aromatic heterocycles. The van der Waals surface area contributed by atoms with E-state index in [1.165, 1.54) is 33.4 Å². The summed E-state index contributed by atoms with van der Waals surface area (Å²) in [4.78, 5) is 0. The Kier molecular flexibility index (Phi) is 3.73. The Labute approximate surface area is 99.6 Å². The Bertz CT molecular complexity index is 404. The highest BCUT2D eigenvalue weighted by Crippen LogP contribution is 2.30. The number of hydrogen-bond acceptors (Lipinski definition) is 0. The quantitative estimate of drug-likeness (QED) is 0.683. The molecule has 0 aliphatic rings. The van der Waals surface area contributed by atoms with Gasteiger partial charge in [0.05, 0.1) is 0 Å².